The van der Waals surface area contributed by atoms with Gasteiger partial charge < -0.3 is 15.4 Å². The zero-order valence-electron chi connectivity index (χ0n) is 9.63. The van der Waals surface area contributed by atoms with Crippen LogP contribution in [0.4, 0.5) is 4.79 Å². The van der Waals surface area contributed by atoms with Crippen LogP contribution in [0.2, 0.25) is 0 Å². The molecular formula is C10H20N2O3. The molecule has 15 heavy (non-hydrogen) atoms. The maximum Gasteiger partial charge on any atom is 0.407 e. The van der Waals surface area contributed by atoms with Crippen LogP contribution in [0.1, 0.15) is 27.2 Å². The quantitative estimate of drug-likeness (QED) is 0.648. The third-order valence-corrected chi connectivity index (χ3v) is 1.59. The van der Waals surface area contributed by atoms with E-state index in [1.165, 1.54) is 0 Å². The smallest absolute Gasteiger partial charge is 0.407 e. The predicted molar refractivity (Wildman–Crippen MR) is 57.5 cm³/mol. The normalized spacial score (nSPS) is 9.87. The lowest BCUT2D eigenvalue weighted by Crippen LogP contribution is -2.35. The van der Waals surface area contributed by atoms with Gasteiger partial charge in [-0.2, -0.15) is 0 Å². The number of rotatable bonds is 6. The molecule has 5 nitrogen and oxygen atoms in total. The molecule has 0 aromatic heterocycles. The highest BCUT2D eigenvalue weighted by molar-refractivity contribution is 5.75. The molecule has 0 atom stereocenters. The minimum Gasteiger partial charge on any atom is -0.449 e. The minimum atomic E-state index is -0.436. The number of hydrogen-bond donors (Lipinski definition) is 2. The molecule has 0 aromatic rings. The van der Waals surface area contributed by atoms with Gasteiger partial charge in [0.05, 0.1) is 6.61 Å². The molecule has 0 aromatic carbocycles. The summed E-state index contributed by atoms with van der Waals surface area (Å²) in [4.78, 5) is 21.8. The largest absolute Gasteiger partial charge is 0.449 e. The molecule has 5 heteroatoms. The first-order chi connectivity index (χ1) is 7.06. The van der Waals surface area contributed by atoms with E-state index in [2.05, 4.69) is 10.6 Å². The average molecular weight is 216 g/mol. The number of alkyl carbamates (subject to hydrolysis) is 1. The lowest BCUT2D eigenvalue weighted by molar-refractivity contribution is -0.120. The molecule has 0 spiro atoms. The van der Waals surface area contributed by atoms with Crippen molar-refractivity contribution >= 4 is 12.0 Å². The van der Waals surface area contributed by atoms with Gasteiger partial charge in [0.1, 0.15) is 0 Å². The zero-order valence-corrected chi connectivity index (χ0v) is 9.63. The van der Waals surface area contributed by atoms with Crippen LogP contribution in [-0.2, 0) is 9.53 Å². The van der Waals surface area contributed by atoms with Gasteiger partial charge in [-0.15, -0.1) is 0 Å². The summed E-state index contributed by atoms with van der Waals surface area (Å²) in [7, 11) is 0. The summed E-state index contributed by atoms with van der Waals surface area (Å²) in [5.41, 5.74) is 0. The lowest BCUT2D eigenvalue weighted by atomic mass is 10.2. The summed E-state index contributed by atoms with van der Waals surface area (Å²) >= 11 is 0. The fourth-order valence-electron chi connectivity index (χ4n) is 0.785. The Morgan fingerprint density at radius 2 is 1.80 bits per heavy atom. The maximum absolute atomic E-state index is 11.0. The van der Waals surface area contributed by atoms with Crippen molar-refractivity contribution in [3.8, 4) is 0 Å². The first-order valence-corrected chi connectivity index (χ1v) is 5.23. The van der Waals surface area contributed by atoms with Crippen LogP contribution in [0.3, 0.4) is 0 Å². The van der Waals surface area contributed by atoms with Gasteiger partial charge in [-0.05, 0) is 5.92 Å². The molecule has 0 fully saturated rings. The first-order valence-electron chi connectivity index (χ1n) is 5.23. The second-order valence-electron chi connectivity index (χ2n) is 3.62. The summed E-state index contributed by atoms with van der Waals surface area (Å²) in [6.07, 6.45) is 0.0204. The molecule has 2 N–H and O–H groups in total. The van der Waals surface area contributed by atoms with Gasteiger partial charge in [0.2, 0.25) is 5.91 Å². The van der Waals surface area contributed by atoms with E-state index in [0.29, 0.717) is 32.0 Å². The van der Waals surface area contributed by atoms with E-state index >= 15 is 0 Å². The van der Waals surface area contributed by atoms with Crippen molar-refractivity contribution < 1.29 is 14.3 Å². The topological polar surface area (TPSA) is 67.4 Å². The molecule has 0 bridgehead atoms. The average Bonchev–Trinajstić information content (AvgIpc) is 2.21. The number of amides is 2. The number of nitrogens with one attached hydrogen (secondary N) is 2. The van der Waals surface area contributed by atoms with Crippen LogP contribution in [0.15, 0.2) is 0 Å². The van der Waals surface area contributed by atoms with Crippen molar-refractivity contribution in [3.05, 3.63) is 0 Å². The Bertz CT molecular complexity index is 205. The van der Waals surface area contributed by atoms with E-state index in [9.17, 15) is 9.59 Å². The summed E-state index contributed by atoms with van der Waals surface area (Å²) in [6.45, 7) is 6.95. The maximum atomic E-state index is 11.0. The third kappa shape index (κ3) is 9.05. The first kappa shape index (κ1) is 13.7. The Kier molecular flexibility index (Phi) is 7.40. The van der Waals surface area contributed by atoms with Crippen LogP contribution < -0.4 is 10.6 Å². The van der Waals surface area contributed by atoms with Gasteiger partial charge in [0.25, 0.3) is 0 Å². The Balaban J connectivity index is 3.35. The van der Waals surface area contributed by atoms with Crippen molar-refractivity contribution in [3.63, 3.8) is 0 Å². The highest BCUT2D eigenvalue weighted by Crippen LogP contribution is 1.91. The number of carbonyl (C=O) groups excluding carboxylic acids is 2. The van der Waals surface area contributed by atoms with E-state index in [0.717, 1.165) is 0 Å². The van der Waals surface area contributed by atoms with E-state index in [1.54, 1.807) is 6.92 Å². The number of carbonyl (C=O) groups is 2. The SMILES string of the molecule is CCC(=O)NCCNC(=O)OCC(C)C. The molecule has 88 valence electrons. The monoisotopic (exact) mass is 216 g/mol. The van der Waals surface area contributed by atoms with Crippen molar-refractivity contribution in [2.24, 2.45) is 5.92 Å². The van der Waals surface area contributed by atoms with Gasteiger partial charge in [0, 0.05) is 19.5 Å². The number of hydrogen-bond acceptors (Lipinski definition) is 3. The molecule has 0 heterocycles. The van der Waals surface area contributed by atoms with Crippen molar-refractivity contribution in [1.82, 2.24) is 10.6 Å². The van der Waals surface area contributed by atoms with E-state index < -0.39 is 6.09 Å². The van der Waals surface area contributed by atoms with Crippen LogP contribution in [0.25, 0.3) is 0 Å². The fourth-order valence-corrected chi connectivity index (χ4v) is 0.785. The minimum absolute atomic E-state index is 0.0210. The zero-order chi connectivity index (χ0) is 11.7. The molecule has 0 saturated carbocycles. The summed E-state index contributed by atoms with van der Waals surface area (Å²) in [6, 6.07) is 0. The molecule has 0 aliphatic heterocycles. The van der Waals surface area contributed by atoms with Crippen molar-refractivity contribution in [2.45, 2.75) is 27.2 Å². The molecule has 2 amide bonds. The van der Waals surface area contributed by atoms with Gasteiger partial charge in [0.15, 0.2) is 0 Å². The summed E-state index contributed by atoms with van der Waals surface area (Å²) in [5.74, 6) is 0.308. The van der Waals surface area contributed by atoms with Crippen molar-refractivity contribution in [2.75, 3.05) is 19.7 Å². The molecule has 0 aliphatic rings. The van der Waals surface area contributed by atoms with Gasteiger partial charge in [-0.25, -0.2) is 4.79 Å². The van der Waals surface area contributed by atoms with E-state index in [4.69, 9.17) is 4.74 Å². The highest BCUT2D eigenvalue weighted by atomic mass is 16.5. The fraction of sp³-hybridized carbons (Fsp3) is 0.800. The third-order valence-electron chi connectivity index (χ3n) is 1.59. The van der Waals surface area contributed by atoms with Crippen LogP contribution in [0.5, 0.6) is 0 Å². The molecule has 0 radical (unpaired) electrons. The lowest BCUT2D eigenvalue weighted by Gasteiger charge is -2.08. The molecule has 0 saturated heterocycles. The second-order valence-corrected chi connectivity index (χ2v) is 3.62. The molecule has 0 rings (SSSR count). The van der Waals surface area contributed by atoms with E-state index in [1.807, 2.05) is 13.8 Å². The number of ether oxygens (including phenoxy) is 1. The van der Waals surface area contributed by atoms with Gasteiger partial charge >= 0.3 is 6.09 Å². The predicted octanol–water partition coefficient (Wildman–Crippen LogP) is 0.895. The van der Waals surface area contributed by atoms with Crippen LogP contribution in [-0.4, -0.2) is 31.7 Å². The van der Waals surface area contributed by atoms with E-state index in [-0.39, 0.29) is 5.91 Å². The highest BCUT2D eigenvalue weighted by Gasteiger charge is 2.02. The van der Waals surface area contributed by atoms with Gasteiger partial charge in [-0.1, -0.05) is 20.8 Å². The summed E-state index contributed by atoms with van der Waals surface area (Å²) < 4.78 is 4.87. The van der Waals surface area contributed by atoms with Crippen molar-refractivity contribution in [1.29, 1.82) is 0 Å². The standard InChI is InChI=1S/C10H20N2O3/c1-4-9(13)11-5-6-12-10(14)15-7-8(2)3/h8H,4-7H2,1-3H3,(H,11,13)(H,12,14). The molecular weight excluding hydrogens is 196 g/mol. The Morgan fingerprint density at radius 3 is 2.33 bits per heavy atom. The second kappa shape index (κ2) is 8.08. The van der Waals surface area contributed by atoms with Crippen LogP contribution in [0, 0.1) is 5.92 Å². The van der Waals surface area contributed by atoms with Gasteiger partial charge in [-0.3, -0.25) is 4.79 Å². The Morgan fingerprint density at radius 1 is 1.20 bits per heavy atom. The Labute approximate surface area is 90.6 Å². The van der Waals surface area contributed by atoms with Crippen LogP contribution >= 0.6 is 0 Å². The molecule has 0 unspecified atom stereocenters. The summed E-state index contributed by atoms with van der Waals surface area (Å²) in [5, 5.41) is 5.18. The molecule has 0 aliphatic carbocycles. The Hall–Kier alpha value is -1.26.